The molecule has 100 valence electrons. The van der Waals surface area contributed by atoms with Crippen LogP contribution in [0.3, 0.4) is 0 Å². The number of rotatable bonds is 4. The van der Waals surface area contributed by atoms with E-state index in [1.54, 1.807) is 18.7 Å². The van der Waals surface area contributed by atoms with Crippen molar-refractivity contribution in [2.45, 2.75) is 39.8 Å². The molecule has 0 aromatic heterocycles. The molecule has 0 heterocycles. The van der Waals surface area contributed by atoms with E-state index in [-0.39, 0.29) is 24.3 Å². The van der Waals surface area contributed by atoms with Gasteiger partial charge in [0.15, 0.2) is 0 Å². The van der Waals surface area contributed by atoms with E-state index in [2.05, 4.69) is 0 Å². The minimum atomic E-state index is -0.586. The Morgan fingerprint density at radius 1 is 1.39 bits per heavy atom. The molecule has 0 fully saturated rings. The van der Waals surface area contributed by atoms with Crippen LogP contribution in [0.5, 0.6) is 0 Å². The topological polar surface area (TPSA) is 40.5 Å². The van der Waals surface area contributed by atoms with Gasteiger partial charge in [-0.05, 0) is 51.5 Å². The minimum absolute atomic E-state index is 0.0171. The Hall–Kier alpha value is -1.42. The number of aliphatic hydroxyl groups is 1. The molecule has 1 amide bonds. The number of nitrogens with zero attached hydrogens (tertiary/aromatic N) is 1. The summed E-state index contributed by atoms with van der Waals surface area (Å²) in [5.74, 6) is -0.529. The van der Waals surface area contributed by atoms with Crippen molar-refractivity contribution in [2.75, 3.05) is 6.54 Å². The molecule has 0 aliphatic heterocycles. The van der Waals surface area contributed by atoms with E-state index < -0.39 is 6.10 Å². The van der Waals surface area contributed by atoms with E-state index in [1.165, 1.54) is 18.2 Å². The van der Waals surface area contributed by atoms with Gasteiger partial charge in [-0.3, -0.25) is 4.79 Å². The quantitative estimate of drug-likeness (QED) is 0.895. The van der Waals surface area contributed by atoms with Gasteiger partial charge in [-0.25, -0.2) is 4.39 Å². The first-order chi connectivity index (χ1) is 8.32. The maximum absolute atomic E-state index is 13.0. The average Bonchev–Trinajstić information content (AvgIpc) is 2.24. The fourth-order valence-corrected chi connectivity index (χ4v) is 1.83. The Morgan fingerprint density at radius 3 is 2.44 bits per heavy atom. The van der Waals surface area contributed by atoms with Gasteiger partial charge in [-0.1, -0.05) is 0 Å². The predicted molar refractivity (Wildman–Crippen MR) is 69.0 cm³/mol. The van der Waals surface area contributed by atoms with Gasteiger partial charge in [0.2, 0.25) is 0 Å². The van der Waals surface area contributed by atoms with E-state index >= 15 is 0 Å². The molecule has 0 saturated heterocycles. The van der Waals surface area contributed by atoms with Gasteiger partial charge in [0.1, 0.15) is 5.82 Å². The summed E-state index contributed by atoms with van der Waals surface area (Å²) in [7, 11) is 0. The zero-order chi connectivity index (χ0) is 13.9. The average molecular weight is 253 g/mol. The zero-order valence-corrected chi connectivity index (χ0v) is 11.3. The van der Waals surface area contributed by atoms with E-state index in [0.717, 1.165) is 0 Å². The summed E-state index contributed by atoms with van der Waals surface area (Å²) in [6, 6.07) is 4.09. The first-order valence-electron chi connectivity index (χ1n) is 6.08. The van der Waals surface area contributed by atoms with Crippen LogP contribution in [-0.4, -0.2) is 34.6 Å². The highest BCUT2D eigenvalue weighted by molar-refractivity contribution is 5.95. The number of halogens is 1. The molecule has 0 aliphatic carbocycles. The second-order valence-electron chi connectivity index (χ2n) is 4.86. The van der Waals surface area contributed by atoms with Crippen LogP contribution in [0.15, 0.2) is 18.2 Å². The van der Waals surface area contributed by atoms with Crippen LogP contribution in [0.1, 0.15) is 36.7 Å². The smallest absolute Gasteiger partial charge is 0.254 e. The lowest BCUT2D eigenvalue weighted by atomic mass is 10.1. The fourth-order valence-electron chi connectivity index (χ4n) is 1.83. The molecule has 0 spiro atoms. The van der Waals surface area contributed by atoms with Crippen LogP contribution in [0.25, 0.3) is 0 Å². The molecule has 0 radical (unpaired) electrons. The predicted octanol–water partition coefficient (Wildman–Crippen LogP) is 2.37. The molecule has 4 heteroatoms. The molecular formula is C14H20FNO2. The maximum Gasteiger partial charge on any atom is 0.254 e. The summed E-state index contributed by atoms with van der Waals surface area (Å²) in [4.78, 5) is 13.9. The minimum Gasteiger partial charge on any atom is -0.392 e. The summed E-state index contributed by atoms with van der Waals surface area (Å²) < 4.78 is 13.0. The van der Waals surface area contributed by atoms with Gasteiger partial charge < -0.3 is 10.0 Å². The normalized spacial score (nSPS) is 12.6. The number of benzene rings is 1. The number of aliphatic hydroxyl groups excluding tert-OH is 1. The Kier molecular flexibility index (Phi) is 4.84. The second kappa shape index (κ2) is 5.96. The van der Waals surface area contributed by atoms with E-state index in [1.807, 2.05) is 13.8 Å². The molecular weight excluding hydrogens is 233 g/mol. The maximum atomic E-state index is 13.0. The number of hydrogen-bond acceptors (Lipinski definition) is 2. The third kappa shape index (κ3) is 3.53. The number of aryl methyl sites for hydroxylation is 1. The Labute approximate surface area is 107 Å². The van der Waals surface area contributed by atoms with Crippen LogP contribution in [-0.2, 0) is 0 Å². The van der Waals surface area contributed by atoms with Crippen molar-refractivity contribution >= 4 is 5.91 Å². The molecule has 3 nitrogen and oxygen atoms in total. The lowest BCUT2D eigenvalue weighted by Gasteiger charge is -2.28. The summed E-state index contributed by atoms with van der Waals surface area (Å²) in [6.07, 6.45) is -0.586. The van der Waals surface area contributed by atoms with Crippen LogP contribution >= 0.6 is 0 Å². The van der Waals surface area contributed by atoms with Crippen LogP contribution in [0, 0.1) is 12.7 Å². The third-order valence-corrected chi connectivity index (χ3v) is 2.76. The van der Waals surface area contributed by atoms with Crippen molar-refractivity contribution in [1.29, 1.82) is 0 Å². The molecule has 1 aromatic rings. The second-order valence-corrected chi connectivity index (χ2v) is 4.86. The third-order valence-electron chi connectivity index (χ3n) is 2.76. The van der Waals surface area contributed by atoms with Crippen LogP contribution < -0.4 is 0 Å². The molecule has 0 aliphatic rings. The largest absolute Gasteiger partial charge is 0.392 e. The molecule has 1 atom stereocenters. The Balaban J connectivity index is 3.02. The van der Waals surface area contributed by atoms with Crippen molar-refractivity contribution in [2.24, 2.45) is 0 Å². The Bertz CT molecular complexity index is 430. The summed E-state index contributed by atoms with van der Waals surface area (Å²) in [6.45, 7) is 7.39. The van der Waals surface area contributed by atoms with Gasteiger partial charge in [-0.15, -0.1) is 0 Å². The lowest BCUT2D eigenvalue weighted by Crippen LogP contribution is -2.41. The van der Waals surface area contributed by atoms with Crippen LogP contribution in [0.2, 0.25) is 0 Å². The van der Waals surface area contributed by atoms with Crippen molar-refractivity contribution < 1.29 is 14.3 Å². The SMILES string of the molecule is Cc1cc(F)ccc1C(=O)N(CC(C)O)C(C)C. The zero-order valence-electron chi connectivity index (χ0n) is 11.3. The monoisotopic (exact) mass is 253 g/mol. The van der Waals surface area contributed by atoms with Crippen molar-refractivity contribution in [3.8, 4) is 0 Å². The highest BCUT2D eigenvalue weighted by Gasteiger charge is 2.21. The van der Waals surface area contributed by atoms with E-state index in [4.69, 9.17) is 0 Å². The first-order valence-corrected chi connectivity index (χ1v) is 6.08. The van der Waals surface area contributed by atoms with Gasteiger partial charge >= 0.3 is 0 Å². The number of hydrogen-bond donors (Lipinski definition) is 1. The highest BCUT2D eigenvalue weighted by Crippen LogP contribution is 2.15. The fraction of sp³-hybridized carbons (Fsp3) is 0.500. The van der Waals surface area contributed by atoms with Gasteiger partial charge in [0.25, 0.3) is 5.91 Å². The van der Waals surface area contributed by atoms with Crippen molar-refractivity contribution in [1.82, 2.24) is 4.90 Å². The molecule has 1 unspecified atom stereocenters. The molecule has 1 N–H and O–H groups in total. The van der Waals surface area contributed by atoms with E-state index in [9.17, 15) is 14.3 Å². The van der Waals surface area contributed by atoms with Gasteiger partial charge in [0, 0.05) is 18.2 Å². The van der Waals surface area contributed by atoms with Gasteiger partial charge in [-0.2, -0.15) is 0 Å². The molecule has 18 heavy (non-hydrogen) atoms. The summed E-state index contributed by atoms with van der Waals surface area (Å²) >= 11 is 0. The molecule has 0 saturated carbocycles. The standard InChI is InChI=1S/C14H20FNO2/c1-9(2)16(8-11(4)17)14(18)13-6-5-12(15)7-10(13)3/h5-7,9,11,17H,8H2,1-4H3. The van der Waals surface area contributed by atoms with E-state index in [0.29, 0.717) is 11.1 Å². The van der Waals surface area contributed by atoms with Crippen molar-refractivity contribution in [3.05, 3.63) is 35.1 Å². The summed E-state index contributed by atoms with van der Waals surface area (Å²) in [5.41, 5.74) is 1.09. The molecule has 0 bridgehead atoms. The molecule has 1 aromatic carbocycles. The van der Waals surface area contributed by atoms with Crippen molar-refractivity contribution in [3.63, 3.8) is 0 Å². The van der Waals surface area contributed by atoms with Crippen LogP contribution in [0.4, 0.5) is 4.39 Å². The summed E-state index contributed by atoms with van der Waals surface area (Å²) in [5, 5.41) is 9.43. The Morgan fingerprint density at radius 2 is 2.00 bits per heavy atom. The molecule has 1 rings (SSSR count). The van der Waals surface area contributed by atoms with Gasteiger partial charge in [0.05, 0.1) is 6.10 Å². The lowest BCUT2D eigenvalue weighted by molar-refractivity contribution is 0.0578. The number of amides is 1. The number of carbonyl (C=O) groups excluding carboxylic acids is 1. The number of carbonyl (C=O) groups is 1. The first kappa shape index (κ1) is 14.6. The highest BCUT2D eigenvalue weighted by atomic mass is 19.1.